The number of amides is 1. The number of nitrogens with one attached hydrogen (secondary N) is 1. The van der Waals surface area contributed by atoms with Crippen molar-refractivity contribution in [3.8, 4) is 0 Å². The first-order valence-corrected chi connectivity index (χ1v) is 6.39. The zero-order chi connectivity index (χ0) is 11.5. The van der Waals surface area contributed by atoms with Crippen LogP contribution in [0, 0.1) is 5.92 Å². The third-order valence-electron chi connectivity index (χ3n) is 3.79. The summed E-state index contributed by atoms with van der Waals surface area (Å²) in [6.45, 7) is 4.45. The van der Waals surface area contributed by atoms with Gasteiger partial charge in [0.2, 0.25) is 5.91 Å². The predicted molar refractivity (Wildman–Crippen MR) is 62.0 cm³/mol. The molecule has 0 aliphatic carbocycles. The van der Waals surface area contributed by atoms with Crippen LogP contribution in [0.15, 0.2) is 0 Å². The Morgan fingerprint density at radius 1 is 1.44 bits per heavy atom. The number of likely N-dealkylation sites (tertiary alicyclic amines) is 1. The summed E-state index contributed by atoms with van der Waals surface area (Å²) in [4.78, 5) is 14.2. The third kappa shape index (κ3) is 2.38. The second kappa shape index (κ2) is 5.15. The molecule has 0 bridgehead atoms. The Balaban J connectivity index is 1.97. The van der Waals surface area contributed by atoms with Crippen LogP contribution in [0.2, 0.25) is 0 Å². The summed E-state index contributed by atoms with van der Waals surface area (Å²) in [5.74, 6) is 0.378. The maximum atomic E-state index is 12.3. The Kier molecular flexibility index (Phi) is 3.82. The van der Waals surface area contributed by atoms with Crippen molar-refractivity contribution in [2.75, 3.05) is 19.6 Å². The average molecular weight is 226 g/mol. The Hall–Kier alpha value is -0.610. The first-order valence-electron chi connectivity index (χ1n) is 6.39. The van der Waals surface area contributed by atoms with Crippen LogP contribution in [0.25, 0.3) is 0 Å². The summed E-state index contributed by atoms with van der Waals surface area (Å²) in [7, 11) is 0. The number of nitrogens with zero attached hydrogens (tertiary/aromatic N) is 1. The fourth-order valence-corrected chi connectivity index (χ4v) is 2.86. The van der Waals surface area contributed by atoms with E-state index in [4.69, 9.17) is 0 Å². The molecule has 2 fully saturated rings. The van der Waals surface area contributed by atoms with Gasteiger partial charge in [-0.1, -0.05) is 0 Å². The SMILES string of the molecule is C[C@H](O)[C@H]1CCCN1C(=O)[C@@H]1CCCNC1. The lowest BCUT2D eigenvalue weighted by molar-refractivity contribution is -0.138. The number of carbonyl (C=O) groups excluding carboxylic acids is 1. The number of aliphatic hydroxyl groups is 1. The van der Waals surface area contributed by atoms with Crippen LogP contribution in [0.5, 0.6) is 0 Å². The maximum Gasteiger partial charge on any atom is 0.227 e. The quantitative estimate of drug-likeness (QED) is 0.715. The van der Waals surface area contributed by atoms with E-state index in [1.807, 2.05) is 4.90 Å². The van der Waals surface area contributed by atoms with E-state index in [1.165, 1.54) is 0 Å². The number of piperidine rings is 1. The predicted octanol–water partition coefficient (Wildman–Crippen LogP) is 0.358. The summed E-state index contributed by atoms with van der Waals surface area (Å²) in [6.07, 6.45) is 3.66. The van der Waals surface area contributed by atoms with E-state index in [-0.39, 0.29) is 17.9 Å². The van der Waals surface area contributed by atoms with E-state index in [0.29, 0.717) is 0 Å². The second-order valence-corrected chi connectivity index (χ2v) is 5.03. The summed E-state index contributed by atoms with van der Waals surface area (Å²) in [5, 5.41) is 12.9. The second-order valence-electron chi connectivity index (χ2n) is 5.03. The number of rotatable bonds is 2. The number of carbonyl (C=O) groups is 1. The van der Waals surface area contributed by atoms with E-state index in [1.54, 1.807) is 6.92 Å². The van der Waals surface area contributed by atoms with Crippen LogP contribution in [-0.4, -0.2) is 47.7 Å². The van der Waals surface area contributed by atoms with Gasteiger partial charge >= 0.3 is 0 Å². The van der Waals surface area contributed by atoms with Crippen LogP contribution < -0.4 is 5.32 Å². The van der Waals surface area contributed by atoms with Crippen LogP contribution in [-0.2, 0) is 4.79 Å². The molecule has 4 nitrogen and oxygen atoms in total. The van der Waals surface area contributed by atoms with Crippen LogP contribution in [0.3, 0.4) is 0 Å². The van der Waals surface area contributed by atoms with Gasteiger partial charge in [0.25, 0.3) is 0 Å². The van der Waals surface area contributed by atoms with E-state index in [9.17, 15) is 9.90 Å². The topological polar surface area (TPSA) is 52.6 Å². The molecule has 2 rings (SSSR count). The molecular weight excluding hydrogens is 204 g/mol. The van der Waals surface area contributed by atoms with Gasteiger partial charge < -0.3 is 15.3 Å². The van der Waals surface area contributed by atoms with Crippen molar-refractivity contribution in [3.05, 3.63) is 0 Å². The normalized spacial score (nSPS) is 32.8. The highest BCUT2D eigenvalue weighted by Crippen LogP contribution is 2.24. The molecule has 0 saturated carbocycles. The fourth-order valence-electron chi connectivity index (χ4n) is 2.86. The van der Waals surface area contributed by atoms with E-state index >= 15 is 0 Å². The number of hydrogen-bond acceptors (Lipinski definition) is 3. The third-order valence-corrected chi connectivity index (χ3v) is 3.79. The summed E-state index contributed by atoms with van der Waals surface area (Å²) < 4.78 is 0. The molecule has 0 spiro atoms. The fraction of sp³-hybridized carbons (Fsp3) is 0.917. The van der Waals surface area contributed by atoms with E-state index < -0.39 is 6.10 Å². The first kappa shape index (κ1) is 11.9. The zero-order valence-corrected chi connectivity index (χ0v) is 9.98. The van der Waals surface area contributed by atoms with E-state index in [0.717, 1.165) is 45.3 Å². The van der Waals surface area contributed by atoms with Crippen molar-refractivity contribution in [1.29, 1.82) is 0 Å². The monoisotopic (exact) mass is 226 g/mol. The molecule has 2 aliphatic rings. The van der Waals surface area contributed by atoms with Gasteiger partial charge in [-0.05, 0) is 39.2 Å². The largest absolute Gasteiger partial charge is 0.391 e. The number of aliphatic hydroxyl groups excluding tert-OH is 1. The van der Waals surface area contributed by atoms with Gasteiger partial charge in [0.1, 0.15) is 0 Å². The molecule has 0 aromatic rings. The van der Waals surface area contributed by atoms with E-state index in [2.05, 4.69) is 5.32 Å². The lowest BCUT2D eigenvalue weighted by Crippen LogP contribution is -2.47. The molecule has 4 heteroatoms. The van der Waals surface area contributed by atoms with Crippen molar-refractivity contribution < 1.29 is 9.90 Å². The molecule has 3 atom stereocenters. The van der Waals surface area contributed by atoms with Crippen molar-refractivity contribution in [2.24, 2.45) is 5.92 Å². The molecule has 0 aromatic carbocycles. The molecule has 2 heterocycles. The molecule has 0 aromatic heterocycles. The molecule has 0 radical (unpaired) electrons. The zero-order valence-electron chi connectivity index (χ0n) is 9.98. The lowest BCUT2D eigenvalue weighted by Gasteiger charge is -2.32. The van der Waals surface area contributed by atoms with Gasteiger partial charge in [-0.3, -0.25) is 4.79 Å². The van der Waals surface area contributed by atoms with Gasteiger partial charge in [-0.25, -0.2) is 0 Å². The van der Waals surface area contributed by atoms with Crippen molar-refractivity contribution in [2.45, 2.75) is 44.8 Å². The standard InChI is InChI=1S/C12H22N2O2/c1-9(15)11-5-3-7-14(11)12(16)10-4-2-6-13-8-10/h9-11,13,15H,2-8H2,1H3/t9-,10+,11+/m0/s1. The van der Waals surface area contributed by atoms with Crippen molar-refractivity contribution >= 4 is 5.91 Å². The van der Waals surface area contributed by atoms with Gasteiger partial charge in [0.05, 0.1) is 18.1 Å². The van der Waals surface area contributed by atoms with Crippen molar-refractivity contribution in [3.63, 3.8) is 0 Å². The van der Waals surface area contributed by atoms with Crippen LogP contribution in [0.1, 0.15) is 32.6 Å². The minimum atomic E-state index is -0.400. The minimum Gasteiger partial charge on any atom is -0.391 e. The Labute approximate surface area is 97.0 Å². The highest BCUT2D eigenvalue weighted by molar-refractivity contribution is 5.79. The molecule has 2 N–H and O–H groups in total. The number of hydrogen-bond donors (Lipinski definition) is 2. The van der Waals surface area contributed by atoms with Gasteiger partial charge in [0.15, 0.2) is 0 Å². The molecule has 92 valence electrons. The van der Waals surface area contributed by atoms with Gasteiger partial charge in [-0.2, -0.15) is 0 Å². The summed E-state index contributed by atoms with van der Waals surface area (Å²) in [6, 6.07) is 0.0504. The van der Waals surface area contributed by atoms with Crippen LogP contribution in [0.4, 0.5) is 0 Å². The highest BCUT2D eigenvalue weighted by Gasteiger charge is 2.35. The van der Waals surface area contributed by atoms with Crippen LogP contribution >= 0.6 is 0 Å². The molecule has 2 saturated heterocycles. The summed E-state index contributed by atoms with van der Waals surface area (Å²) >= 11 is 0. The molecule has 1 amide bonds. The minimum absolute atomic E-state index is 0.0504. The lowest BCUT2D eigenvalue weighted by atomic mass is 9.97. The Morgan fingerprint density at radius 2 is 2.25 bits per heavy atom. The average Bonchev–Trinajstić information content (AvgIpc) is 2.78. The van der Waals surface area contributed by atoms with Gasteiger partial charge in [0, 0.05) is 13.1 Å². The first-order chi connectivity index (χ1) is 7.70. The molecule has 0 unspecified atom stereocenters. The van der Waals surface area contributed by atoms with Crippen molar-refractivity contribution in [1.82, 2.24) is 10.2 Å². The summed E-state index contributed by atoms with van der Waals surface area (Å²) in [5.41, 5.74) is 0. The smallest absolute Gasteiger partial charge is 0.227 e. The Morgan fingerprint density at radius 3 is 2.88 bits per heavy atom. The highest BCUT2D eigenvalue weighted by atomic mass is 16.3. The molecular formula is C12H22N2O2. The molecule has 2 aliphatic heterocycles. The Bertz CT molecular complexity index is 249. The molecule has 16 heavy (non-hydrogen) atoms. The maximum absolute atomic E-state index is 12.3. The van der Waals surface area contributed by atoms with Gasteiger partial charge in [-0.15, -0.1) is 0 Å².